The van der Waals surface area contributed by atoms with E-state index in [1.54, 1.807) is 0 Å². The molecule has 1 saturated carbocycles. The molecule has 0 spiro atoms. The lowest BCUT2D eigenvalue weighted by Gasteiger charge is -2.13. The predicted molar refractivity (Wildman–Crippen MR) is 80.8 cm³/mol. The van der Waals surface area contributed by atoms with Gasteiger partial charge < -0.3 is 9.84 Å². The molecule has 4 rings (SSSR count). The fourth-order valence-electron chi connectivity index (χ4n) is 3.05. The van der Waals surface area contributed by atoms with Gasteiger partial charge in [0.15, 0.2) is 0 Å². The van der Waals surface area contributed by atoms with Gasteiger partial charge in [-0.05, 0) is 25.0 Å². The summed E-state index contributed by atoms with van der Waals surface area (Å²) in [5.74, 6) is -0.751. The summed E-state index contributed by atoms with van der Waals surface area (Å²) < 4.78 is 32.2. The topological polar surface area (TPSA) is 63.8 Å². The van der Waals surface area contributed by atoms with E-state index < -0.39 is 11.6 Å². The van der Waals surface area contributed by atoms with Crippen molar-refractivity contribution in [2.75, 3.05) is 5.32 Å². The summed E-state index contributed by atoms with van der Waals surface area (Å²) in [5.41, 5.74) is 0.921. The molecule has 118 valence electrons. The zero-order valence-electron chi connectivity index (χ0n) is 12.2. The highest BCUT2D eigenvalue weighted by molar-refractivity contribution is 5.97. The number of hydrogen-bond donors (Lipinski definition) is 1. The van der Waals surface area contributed by atoms with Gasteiger partial charge in [-0.25, -0.2) is 13.8 Å². The van der Waals surface area contributed by atoms with Gasteiger partial charge in [0.1, 0.15) is 34.9 Å². The number of aromatic nitrogens is 3. The number of halogens is 2. The Labute approximate surface area is 130 Å². The molecule has 1 aliphatic rings. The highest BCUT2D eigenvalue weighted by atomic mass is 19.1. The van der Waals surface area contributed by atoms with Gasteiger partial charge in [0.05, 0.1) is 0 Å². The van der Waals surface area contributed by atoms with Crippen molar-refractivity contribution in [2.24, 2.45) is 0 Å². The number of nitrogens with zero attached hydrogens (tertiary/aromatic N) is 3. The monoisotopic (exact) mass is 316 g/mol. The van der Waals surface area contributed by atoms with Crippen LogP contribution in [0.4, 0.5) is 14.6 Å². The van der Waals surface area contributed by atoms with E-state index >= 15 is 0 Å². The fourth-order valence-corrected chi connectivity index (χ4v) is 3.05. The molecule has 0 unspecified atom stereocenters. The van der Waals surface area contributed by atoms with E-state index in [1.165, 1.54) is 31.3 Å². The Bertz CT molecular complexity index is 838. The molecule has 1 aromatic carbocycles. The molecule has 2 aromatic heterocycles. The van der Waals surface area contributed by atoms with E-state index in [2.05, 4.69) is 20.4 Å². The maximum atomic E-state index is 13.5. The second-order valence-corrected chi connectivity index (χ2v) is 5.72. The first-order valence-corrected chi connectivity index (χ1v) is 7.54. The Morgan fingerprint density at radius 3 is 2.52 bits per heavy atom. The molecule has 1 fully saturated rings. The van der Waals surface area contributed by atoms with Gasteiger partial charge in [0, 0.05) is 17.7 Å². The molecule has 3 aromatic rings. The fraction of sp³-hybridized carbons (Fsp3) is 0.312. The minimum absolute atomic E-state index is 0.292. The number of benzene rings is 1. The van der Waals surface area contributed by atoms with Crippen LogP contribution in [0.25, 0.3) is 22.4 Å². The SMILES string of the molecule is Fc1cc(F)cc(-c2noc3ncnc(NC4CCCC4)c23)c1. The zero-order valence-corrected chi connectivity index (χ0v) is 12.2. The molecule has 0 aliphatic heterocycles. The van der Waals surface area contributed by atoms with Crippen molar-refractivity contribution in [2.45, 2.75) is 31.7 Å². The predicted octanol–water partition coefficient (Wildman–Crippen LogP) is 3.92. The van der Waals surface area contributed by atoms with Crippen molar-refractivity contribution in [3.8, 4) is 11.3 Å². The molecule has 1 N–H and O–H groups in total. The molecule has 0 atom stereocenters. The maximum Gasteiger partial charge on any atom is 0.263 e. The van der Waals surface area contributed by atoms with Crippen LogP contribution < -0.4 is 5.32 Å². The van der Waals surface area contributed by atoms with Crippen molar-refractivity contribution < 1.29 is 13.3 Å². The highest BCUT2D eigenvalue weighted by Crippen LogP contribution is 2.33. The molecule has 5 nitrogen and oxygen atoms in total. The normalized spacial score (nSPS) is 15.4. The molecular weight excluding hydrogens is 302 g/mol. The number of fused-ring (bicyclic) bond motifs is 1. The average Bonchev–Trinajstić information content (AvgIpc) is 3.15. The standard InChI is InChI=1S/C16H14F2N4O/c17-10-5-9(6-11(18)7-10)14-13-15(21-12-3-1-2-4-12)19-8-20-16(13)23-22-14/h5-8,12H,1-4H2,(H,19,20,21). The number of nitrogens with one attached hydrogen (secondary N) is 1. The molecule has 2 heterocycles. The lowest BCUT2D eigenvalue weighted by Crippen LogP contribution is -2.15. The summed E-state index contributed by atoms with van der Waals surface area (Å²) in [4.78, 5) is 8.30. The minimum Gasteiger partial charge on any atom is -0.367 e. The average molecular weight is 316 g/mol. The Balaban J connectivity index is 1.83. The van der Waals surface area contributed by atoms with Crippen molar-refractivity contribution in [1.82, 2.24) is 15.1 Å². The first kappa shape index (κ1) is 14.0. The summed E-state index contributed by atoms with van der Waals surface area (Å²) in [5, 5.41) is 7.85. The van der Waals surface area contributed by atoms with E-state index in [9.17, 15) is 8.78 Å². The number of anilines is 1. The third kappa shape index (κ3) is 2.62. The Kier molecular flexibility index (Phi) is 3.40. The third-order valence-corrected chi connectivity index (χ3v) is 4.10. The Morgan fingerprint density at radius 2 is 1.78 bits per heavy atom. The van der Waals surface area contributed by atoms with Crippen LogP contribution in [0.3, 0.4) is 0 Å². The van der Waals surface area contributed by atoms with Crippen LogP contribution in [0.5, 0.6) is 0 Å². The van der Waals surface area contributed by atoms with Gasteiger partial charge in [-0.15, -0.1) is 0 Å². The van der Waals surface area contributed by atoms with E-state index in [0.29, 0.717) is 34.2 Å². The summed E-state index contributed by atoms with van der Waals surface area (Å²) in [6.07, 6.45) is 5.89. The Hall–Kier alpha value is -2.57. The molecule has 1 aliphatic carbocycles. The quantitative estimate of drug-likeness (QED) is 0.793. The first-order valence-electron chi connectivity index (χ1n) is 7.54. The molecule has 7 heteroatoms. The second kappa shape index (κ2) is 5.57. The summed E-state index contributed by atoms with van der Waals surface area (Å²) in [7, 11) is 0. The van der Waals surface area contributed by atoms with Crippen LogP contribution in [0.2, 0.25) is 0 Å². The lowest BCUT2D eigenvalue weighted by atomic mass is 10.1. The molecule has 0 bridgehead atoms. The van der Waals surface area contributed by atoms with Crippen LogP contribution in [-0.4, -0.2) is 21.2 Å². The summed E-state index contributed by atoms with van der Waals surface area (Å²) in [6, 6.07) is 3.58. The summed E-state index contributed by atoms with van der Waals surface area (Å²) in [6.45, 7) is 0. The van der Waals surface area contributed by atoms with Crippen molar-refractivity contribution in [3.63, 3.8) is 0 Å². The van der Waals surface area contributed by atoms with E-state index in [0.717, 1.165) is 18.9 Å². The van der Waals surface area contributed by atoms with Gasteiger partial charge in [-0.2, -0.15) is 4.98 Å². The van der Waals surface area contributed by atoms with Crippen LogP contribution in [0.15, 0.2) is 29.0 Å². The van der Waals surface area contributed by atoms with Gasteiger partial charge in [0.25, 0.3) is 5.71 Å². The van der Waals surface area contributed by atoms with Crippen molar-refractivity contribution >= 4 is 16.9 Å². The Morgan fingerprint density at radius 1 is 1.04 bits per heavy atom. The van der Waals surface area contributed by atoms with Crippen LogP contribution >= 0.6 is 0 Å². The van der Waals surface area contributed by atoms with Crippen LogP contribution in [0.1, 0.15) is 25.7 Å². The molecule has 0 amide bonds. The van der Waals surface area contributed by atoms with Gasteiger partial charge >= 0.3 is 0 Å². The van der Waals surface area contributed by atoms with Gasteiger partial charge in [-0.1, -0.05) is 18.0 Å². The smallest absolute Gasteiger partial charge is 0.263 e. The number of hydrogen-bond acceptors (Lipinski definition) is 5. The minimum atomic E-state index is -0.668. The van der Waals surface area contributed by atoms with Gasteiger partial charge in [0.2, 0.25) is 0 Å². The molecular formula is C16H14F2N4O. The van der Waals surface area contributed by atoms with Crippen LogP contribution in [0, 0.1) is 11.6 Å². The van der Waals surface area contributed by atoms with E-state index in [4.69, 9.17) is 4.52 Å². The maximum absolute atomic E-state index is 13.5. The van der Waals surface area contributed by atoms with E-state index in [-0.39, 0.29) is 0 Å². The second-order valence-electron chi connectivity index (χ2n) is 5.72. The van der Waals surface area contributed by atoms with Crippen LogP contribution in [-0.2, 0) is 0 Å². The third-order valence-electron chi connectivity index (χ3n) is 4.10. The van der Waals surface area contributed by atoms with Crippen molar-refractivity contribution in [1.29, 1.82) is 0 Å². The summed E-state index contributed by atoms with van der Waals surface area (Å²) >= 11 is 0. The molecule has 0 saturated heterocycles. The molecule has 23 heavy (non-hydrogen) atoms. The van der Waals surface area contributed by atoms with Crippen molar-refractivity contribution in [3.05, 3.63) is 36.2 Å². The molecule has 0 radical (unpaired) electrons. The zero-order chi connectivity index (χ0) is 15.8. The largest absolute Gasteiger partial charge is 0.367 e. The van der Waals surface area contributed by atoms with E-state index in [1.807, 2.05) is 0 Å². The lowest BCUT2D eigenvalue weighted by molar-refractivity contribution is 0.451. The number of rotatable bonds is 3. The highest BCUT2D eigenvalue weighted by Gasteiger charge is 2.21. The van der Waals surface area contributed by atoms with Gasteiger partial charge in [-0.3, -0.25) is 0 Å². The first-order chi connectivity index (χ1) is 11.2.